The monoisotopic (exact) mass is 492 g/mol. The summed E-state index contributed by atoms with van der Waals surface area (Å²) < 4.78 is 28.4. The number of carbonyl (C=O) groups excluding carboxylic acids is 1. The van der Waals surface area contributed by atoms with Crippen LogP contribution in [0.2, 0.25) is 0 Å². The Kier molecular flexibility index (Phi) is 6.24. The molecular weight excluding hydrogens is 470 g/mol. The average molecular weight is 492 g/mol. The maximum atomic E-state index is 14.0. The quantitative estimate of drug-likeness (QED) is 0.549. The zero-order valence-corrected chi connectivity index (χ0v) is 19.4. The van der Waals surface area contributed by atoms with E-state index in [4.69, 9.17) is 5.26 Å². The van der Waals surface area contributed by atoms with E-state index in [2.05, 4.69) is 25.2 Å². The predicted molar refractivity (Wildman–Crippen MR) is 125 cm³/mol. The Morgan fingerprint density at radius 1 is 1.19 bits per heavy atom. The van der Waals surface area contributed by atoms with Gasteiger partial charge < -0.3 is 9.80 Å². The predicted octanol–water partition coefficient (Wildman–Crippen LogP) is 2.43. The number of hydrogen-bond acceptors (Lipinski definition) is 8. The number of halogens is 2. The first-order valence-corrected chi connectivity index (χ1v) is 11.3. The molecular formula is C23H22F2N10O. The number of urea groups is 1. The molecule has 11 nitrogen and oxygen atoms in total. The number of nitrogens with zero attached hydrogens (tertiary/aromatic N) is 10. The molecule has 0 bridgehead atoms. The van der Waals surface area contributed by atoms with E-state index in [9.17, 15) is 13.6 Å². The van der Waals surface area contributed by atoms with Crippen LogP contribution >= 0.6 is 0 Å². The summed E-state index contributed by atoms with van der Waals surface area (Å²) in [7, 11) is 1.67. The van der Waals surface area contributed by atoms with Crippen LogP contribution in [0.25, 0.3) is 11.5 Å². The van der Waals surface area contributed by atoms with E-state index < -0.39 is 18.5 Å². The molecule has 2 aromatic heterocycles. The molecule has 3 aromatic rings. The zero-order chi connectivity index (χ0) is 25.2. The average Bonchev–Trinajstić information content (AvgIpc) is 3.55. The van der Waals surface area contributed by atoms with Crippen molar-refractivity contribution in [1.82, 2.24) is 34.6 Å². The van der Waals surface area contributed by atoms with Gasteiger partial charge in [0.05, 0.1) is 17.7 Å². The topological polar surface area (TPSA) is 119 Å². The maximum Gasteiger partial charge on any atom is 0.341 e. The van der Waals surface area contributed by atoms with Gasteiger partial charge in [-0.05, 0) is 29.8 Å². The molecule has 0 unspecified atom stereocenters. The number of hydrazone groups is 1. The summed E-state index contributed by atoms with van der Waals surface area (Å²) in [4.78, 5) is 30.0. The first-order valence-electron chi connectivity index (χ1n) is 11.3. The Balaban J connectivity index is 1.26. The second-order valence-corrected chi connectivity index (χ2v) is 8.39. The van der Waals surface area contributed by atoms with Crippen molar-refractivity contribution in [3.63, 3.8) is 0 Å². The molecule has 1 aromatic carbocycles. The maximum absolute atomic E-state index is 14.0. The third-order valence-electron chi connectivity index (χ3n) is 6.09. The molecule has 2 amide bonds. The van der Waals surface area contributed by atoms with Crippen molar-refractivity contribution >= 4 is 18.2 Å². The fourth-order valence-corrected chi connectivity index (χ4v) is 4.33. The molecule has 0 spiro atoms. The van der Waals surface area contributed by atoms with Gasteiger partial charge in [-0.2, -0.15) is 15.5 Å². The first kappa shape index (κ1) is 23.3. The van der Waals surface area contributed by atoms with Gasteiger partial charge in [-0.25, -0.2) is 38.2 Å². The van der Waals surface area contributed by atoms with E-state index in [0.29, 0.717) is 55.6 Å². The SMILES string of the molecule is Cn1nc(CF)nc1-c1ccnc(N2CCN(C(=O)N3N=CC[C@H]3c3cc(F)cc(C#N)c3)CC2)n1. The molecule has 2 aliphatic heterocycles. The number of benzene rings is 1. The van der Waals surface area contributed by atoms with Crippen LogP contribution in [0.3, 0.4) is 0 Å². The molecule has 0 saturated carbocycles. The smallest absolute Gasteiger partial charge is 0.337 e. The van der Waals surface area contributed by atoms with Gasteiger partial charge in [-0.3, -0.25) is 0 Å². The Bertz CT molecular complexity index is 1360. The lowest BCUT2D eigenvalue weighted by molar-refractivity contribution is 0.139. The van der Waals surface area contributed by atoms with Crippen molar-refractivity contribution in [2.75, 3.05) is 31.1 Å². The van der Waals surface area contributed by atoms with Crippen LogP contribution in [0, 0.1) is 17.1 Å². The van der Waals surface area contributed by atoms with Crippen LogP contribution in [0.4, 0.5) is 19.5 Å². The summed E-state index contributed by atoms with van der Waals surface area (Å²) in [6.07, 6.45) is 3.67. The van der Waals surface area contributed by atoms with Crippen molar-refractivity contribution < 1.29 is 13.6 Å². The van der Waals surface area contributed by atoms with Crippen molar-refractivity contribution in [3.8, 4) is 17.6 Å². The Hall–Kier alpha value is -4.47. The molecule has 5 rings (SSSR count). The second-order valence-electron chi connectivity index (χ2n) is 8.39. The molecule has 0 aliphatic carbocycles. The Morgan fingerprint density at radius 3 is 2.72 bits per heavy atom. The number of amides is 2. The normalized spacial score (nSPS) is 17.5. The fourth-order valence-electron chi connectivity index (χ4n) is 4.33. The summed E-state index contributed by atoms with van der Waals surface area (Å²) in [5, 5.41) is 18.7. The van der Waals surface area contributed by atoms with Gasteiger partial charge in [0.15, 0.2) is 18.3 Å². The van der Waals surface area contributed by atoms with Gasteiger partial charge in [0.1, 0.15) is 11.5 Å². The molecule has 36 heavy (non-hydrogen) atoms. The van der Waals surface area contributed by atoms with Crippen LogP contribution in [0.1, 0.15) is 29.4 Å². The fraction of sp³-hybridized carbons (Fsp3) is 0.348. The van der Waals surface area contributed by atoms with Crippen LogP contribution in [0.5, 0.6) is 0 Å². The van der Waals surface area contributed by atoms with Crippen LogP contribution < -0.4 is 4.90 Å². The van der Waals surface area contributed by atoms with Crippen LogP contribution in [-0.4, -0.2) is 73.1 Å². The highest BCUT2D eigenvalue weighted by Gasteiger charge is 2.34. The Labute approximate surface area is 205 Å². The van der Waals surface area contributed by atoms with Crippen molar-refractivity contribution in [1.29, 1.82) is 5.26 Å². The molecule has 1 fully saturated rings. The van der Waals surface area contributed by atoms with Gasteiger partial charge in [0, 0.05) is 52.1 Å². The zero-order valence-electron chi connectivity index (χ0n) is 19.4. The lowest BCUT2D eigenvalue weighted by Crippen LogP contribution is -2.52. The van der Waals surface area contributed by atoms with Gasteiger partial charge in [0.2, 0.25) is 5.95 Å². The van der Waals surface area contributed by atoms with Gasteiger partial charge >= 0.3 is 6.03 Å². The van der Waals surface area contributed by atoms with E-state index in [-0.39, 0.29) is 17.4 Å². The molecule has 1 atom stereocenters. The number of alkyl halides is 1. The van der Waals surface area contributed by atoms with Gasteiger partial charge in [-0.15, -0.1) is 0 Å². The number of aromatic nitrogens is 5. The molecule has 4 heterocycles. The second kappa shape index (κ2) is 9.65. The minimum atomic E-state index is -0.762. The minimum absolute atomic E-state index is 0.0877. The summed E-state index contributed by atoms with van der Waals surface area (Å²) >= 11 is 0. The molecule has 2 aliphatic rings. The Morgan fingerprint density at radius 2 is 2.00 bits per heavy atom. The molecule has 1 saturated heterocycles. The number of hydrogen-bond donors (Lipinski definition) is 0. The standard InChI is InChI=1S/C23H22F2N10O/c1-32-21(30-20(13-24)31-32)18-2-4-27-22(29-18)33-6-8-34(9-7-33)23(36)35-19(3-5-28-35)16-10-15(14-26)11-17(25)12-16/h2,4-5,10-12,19H,3,6-9,13H2,1H3/t19-/m0/s1. The van der Waals surface area contributed by atoms with Crippen LogP contribution in [-0.2, 0) is 13.7 Å². The third kappa shape index (κ3) is 4.45. The third-order valence-corrected chi connectivity index (χ3v) is 6.09. The minimum Gasteiger partial charge on any atom is -0.337 e. The number of nitriles is 1. The molecule has 184 valence electrons. The van der Waals surface area contributed by atoms with E-state index in [1.54, 1.807) is 36.5 Å². The first-order chi connectivity index (χ1) is 17.5. The summed E-state index contributed by atoms with van der Waals surface area (Å²) in [6, 6.07) is 6.94. The largest absolute Gasteiger partial charge is 0.341 e. The molecule has 0 N–H and O–H groups in total. The van der Waals surface area contributed by atoms with E-state index in [1.807, 2.05) is 11.0 Å². The lowest BCUT2D eigenvalue weighted by Gasteiger charge is -2.37. The highest BCUT2D eigenvalue weighted by molar-refractivity contribution is 5.79. The number of carbonyl (C=O) groups is 1. The number of piperazine rings is 1. The van der Waals surface area contributed by atoms with Gasteiger partial charge in [-0.1, -0.05) is 0 Å². The summed E-state index contributed by atoms with van der Waals surface area (Å²) in [5.41, 5.74) is 1.25. The highest BCUT2D eigenvalue weighted by Crippen LogP contribution is 2.30. The van der Waals surface area contributed by atoms with Crippen molar-refractivity contribution in [2.45, 2.75) is 19.1 Å². The van der Waals surface area contributed by atoms with Crippen molar-refractivity contribution in [2.24, 2.45) is 12.1 Å². The van der Waals surface area contributed by atoms with E-state index in [0.717, 1.165) is 6.07 Å². The molecule has 13 heteroatoms. The van der Waals surface area contributed by atoms with Crippen molar-refractivity contribution in [3.05, 3.63) is 53.2 Å². The van der Waals surface area contributed by atoms with Crippen LogP contribution in [0.15, 0.2) is 35.6 Å². The summed E-state index contributed by atoms with van der Waals surface area (Å²) in [5.74, 6) is 0.478. The number of anilines is 1. The number of rotatable bonds is 4. The summed E-state index contributed by atoms with van der Waals surface area (Å²) in [6.45, 7) is 1.04. The van der Waals surface area contributed by atoms with E-state index in [1.165, 1.54) is 15.8 Å². The lowest BCUT2D eigenvalue weighted by atomic mass is 10.0. The highest BCUT2D eigenvalue weighted by atomic mass is 19.1. The van der Waals surface area contributed by atoms with E-state index >= 15 is 0 Å². The van der Waals surface area contributed by atoms with Gasteiger partial charge in [0.25, 0.3) is 0 Å². The molecule has 0 radical (unpaired) electrons. The number of aryl methyl sites for hydroxylation is 1.